The summed E-state index contributed by atoms with van der Waals surface area (Å²) in [4.78, 5) is 101. The number of carboxylic acid groups (broad SMARTS) is 1. The van der Waals surface area contributed by atoms with Gasteiger partial charge in [0.1, 0.15) is 30.5 Å². The van der Waals surface area contributed by atoms with Gasteiger partial charge in [-0.25, -0.2) is 19.0 Å². The number of esters is 2. The highest BCUT2D eigenvalue weighted by Crippen LogP contribution is 2.46. The minimum Gasteiger partial charge on any atom is -0.481 e. The number of nitrogens with two attached hydrogens (primary N) is 2. The minimum atomic E-state index is -2.13. The number of cyclic esters (lactones) is 1. The number of aryl methyl sites for hydroxylation is 1. The largest absolute Gasteiger partial charge is 0.481 e. The fraction of sp³-hybridized carbons (Fsp3) is 0.574. The lowest BCUT2D eigenvalue weighted by atomic mass is 9.82. The van der Waals surface area contributed by atoms with E-state index in [9.17, 15) is 38.7 Å². The molecule has 5 heterocycles. The lowest BCUT2D eigenvalue weighted by Crippen LogP contribution is -2.57. The number of carbonyl (C=O) groups excluding carboxylic acids is 5. The fourth-order valence-electron chi connectivity index (χ4n) is 9.66. The second kappa shape index (κ2) is 21.2. The van der Waals surface area contributed by atoms with Crippen LogP contribution in [-0.2, 0) is 77.6 Å². The summed E-state index contributed by atoms with van der Waals surface area (Å²) in [5.74, 6) is -6.52. The summed E-state index contributed by atoms with van der Waals surface area (Å²) < 4.78 is 44.4. The third-order valence-corrected chi connectivity index (χ3v) is 13.2. The molecule has 3 amide bonds. The Hall–Kier alpha value is -5.87. The molecule has 0 saturated carbocycles. The molecule has 1 saturated heterocycles. The fourth-order valence-corrected chi connectivity index (χ4v) is 9.66. The van der Waals surface area contributed by atoms with Gasteiger partial charge in [-0.2, -0.15) is 0 Å². The number of aromatic nitrogens is 2. The number of nitrogens with one attached hydrogen (secondary N) is 2. The van der Waals surface area contributed by atoms with E-state index >= 15 is 4.39 Å². The van der Waals surface area contributed by atoms with Crippen molar-refractivity contribution in [2.75, 3.05) is 52.7 Å². The van der Waals surface area contributed by atoms with Crippen LogP contribution >= 0.6 is 0 Å². The Morgan fingerprint density at radius 1 is 1.00 bits per heavy atom. The number of hydrogen-bond acceptors (Lipinski definition) is 15. The first-order chi connectivity index (χ1) is 32.5. The van der Waals surface area contributed by atoms with Crippen molar-refractivity contribution < 1.29 is 61.9 Å². The van der Waals surface area contributed by atoms with Gasteiger partial charge in [0.15, 0.2) is 0 Å². The number of ether oxygens (including phenoxy) is 5. The molecule has 3 aliphatic heterocycles. The number of amides is 3. The molecule has 1 aromatic carbocycles. The van der Waals surface area contributed by atoms with E-state index < -0.39 is 95.7 Å². The van der Waals surface area contributed by atoms with Crippen molar-refractivity contribution in [3.63, 3.8) is 0 Å². The standard InChI is InChI=1S/C47H60FN7O13/c1-5-47(29-19-35-41-27(22-55(35)43(60)28(29)23-67-46(47)63)38-31(50)9-8-26-25(4)30(48)20-32(52-41)39(26)38)68-45(62)40(24(2)3)53-42(59)34-7-6-12-54(34)44(61)33(21-37(57)58)51-36(56)10-13-64-15-17-66-18-16-65-14-11-49/h19-20,24,31,33-34,40H,5-18,21-23,49-50H2,1-4H3,(H,51,56)(H,53,59)(H,57,58)/t31-,33-,34-,40-,47-/m0/s1. The number of benzene rings is 1. The number of hydrogen-bond donors (Lipinski definition) is 5. The van der Waals surface area contributed by atoms with Crippen LogP contribution in [-0.4, -0.2) is 126 Å². The van der Waals surface area contributed by atoms with Crippen LogP contribution in [0.4, 0.5) is 4.39 Å². The topological polar surface area (TPSA) is 283 Å². The van der Waals surface area contributed by atoms with E-state index in [0.29, 0.717) is 73.7 Å². The van der Waals surface area contributed by atoms with Gasteiger partial charge in [-0.05, 0) is 67.7 Å². The van der Waals surface area contributed by atoms with Gasteiger partial charge in [-0.15, -0.1) is 0 Å². The maximum absolute atomic E-state index is 15.2. The van der Waals surface area contributed by atoms with E-state index in [0.717, 1.165) is 16.5 Å². The second-order valence-corrected chi connectivity index (χ2v) is 17.9. The Labute approximate surface area is 391 Å². The molecule has 7 N–H and O–H groups in total. The molecule has 0 bridgehead atoms. The molecule has 20 nitrogen and oxygen atoms in total. The number of carboxylic acids is 1. The zero-order valence-electron chi connectivity index (χ0n) is 38.8. The quantitative estimate of drug-likeness (QED) is 0.0585. The van der Waals surface area contributed by atoms with E-state index in [1.165, 1.54) is 15.5 Å². The van der Waals surface area contributed by atoms with Gasteiger partial charge < -0.3 is 60.4 Å². The van der Waals surface area contributed by atoms with Crippen LogP contribution < -0.4 is 27.7 Å². The van der Waals surface area contributed by atoms with Crippen molar-refractivity contribution in [3.8, 4) is 11.4 Å². The first-order valence-electron chi connectivity index (χ1n) is 23.2. The molecule has 0 unspecified atom stereocenters. The van der Waals surface area contributed by atoms with Crippen LogP contribution in [0.1, 0.15) is 98.7 Å². The Morgan fingerprint density at radius 2 is 1.71 bits per heavy atom. The number of halogens is 1. The van der Waals surface area contributed by atoms with E-state index in [2.05, 4.69) is 10.6 Å². The molecule has 3 aromatic rings. The minimum absolute atomic E-state index is 0.0303. The predicted octanol–water partition coefficient (Wildman–Crippen LogP) is 1.51. The third kappa shape index (κ3) is 9.85. The molecule has 0 radical (unpaired) electrons. The predicted molar refractivity (Wildman–Crippen MR) is 240 cm³/mol. The van der Waals surface area contributed by atoms with Crippen molar-refractivity contribution in [2.45, 2.75) is 116 Å². The molecule has 1 aliphatic carbocycles. The Bertz CT molecular complexity index is 2550. The molecule has 0 spiro atoms. The van der Waals surface area contributed by atoms with Crippen molar-refractivity contribution in [3.05, 3.63) is 61.7 Å². The summed E-state index contributed by atoms with van der Waals surface area (Å²) in [5.41, 5.74) is 13.6. The molecule has 4 aliphatic rings. The van der Waals surface area contributed by atoms with Crippen LogP contribution in [0.15, 0.2) is 16.9 Å². The van der Waals surface area contributed by atoms with Crippen LogP contribution in [0.25, 0.3) is 22.3 Å². The maximum atomic E-state index is 15.2. The molecule has 2 aromatic heterocycles. The summed E-state index contributed by atoms with van der Waals surface area (Å²) >= 11 is 0. The van der Waals surface area contributed by atoms with E-state index in [1.54, 1.807) is 33.8 Å². The van der Waals surface area contributed by atoms with Crippen molar-refractivity contribution >= 4 is 46.5 Å². The molecule has 1 fully saturated rings. The van der Waals surface area contributed by atoms with Crippen molar-refractivity contribution in [1.29, 1.82) is 0 Å². The number of rotatable bonds is 21. The van der Waals surface area contributed by atoms with Crippen LogP contribution in [0.3, 0.4) is 0 Å². The average molecular weight is 950 g/mol. The summed E-state index contributed by atoms with van der Waals surface area (Å²) in [7, 11) is 0. The third-order valence-electron chi connectivity index (χ3n) is 13.2. The molecule has 5 atom stereocenters. The first-order valence-corrected chi connectivity index (χ1v) is 23.2. The van der Waals surface area contributed by atoms with Gasteiger partial charge in [-0.1, -0.05) is 20.8 Å². The van der Waals surface area contributed by atoms with E-state index in [4.69, 9.17) is 40.1 Å². The van der Waals surface area contributed by atoms with Gasteiger partial charge in [0.2, 0.25) is 23.3 Å². The highest BCUT2D eigenvalue weighted by molar-refractivity contribution is 5.97. The van der Waals surface area contributed by atoms with Crippen molar-refractivity contribution in [2.24, 2.45) is 17.4 Å². The normalized spacial score (nSPS) is 20.1. The zero-order chi connectivity index (χ0) is 49.0. The summed E-state index contributed by atoms with van der Waals surface area (Å²) in [5, 5.41) is 15.6. The SMILES string of the molecule is CC[C@@]1(OC(=O)[C@@H](NC(=O)[C@@H]2CCCN2C(=O)[C@H](CC(=O)O)NC(=O)CCOCCOCCOCCN)C(C)C)C(=O)OCc2c1cc1n(c2=O)Cc2c-1nc1cc(F)c(C)c3c1c2[C@@H](N)CC3. The van der Waals surface area contributed by atoms with Crippen LogP contribution in [0.2, 0.25) is 0 Å². The number of carbonyl (C=O) groups is 6. The highest BCUT2D eigenvalue weighted by atomic mass is 19.1. The van der Waals surface area contributed by atoms with Crippen LogP contribution in [0.5, 0.6) is 0 Å². The lowest BCUT2D eigenvalue weighted by Gasteiger charge is -2.37. The molecule has 7 rings (SSSR count). The molecular weight excluding hydrogens is 890 g/mol. The Morgan fingerprint density at radius 3 is 2.38 bits per heavy atom. The highest BCUT2D eigenvalue weighted by Gasteiger charge is 2.52. The molecule has 21 heteroatoms. The summed E-state index contributed by atoms with van der Waals surface area (Å²) in [6.07, 6.45) is 0.565. The van der Waals surface area contributed by atoms with E-state index in [-0.39, 0.29) is 63.3 Å². The number of aliphatic carboxylic acids is 1. The Balaban J connectivity index is 1.07. The van der Waals surface area contributed by atoms with E-state index in [1.807, 2.05) is 0 Å². The number of pyridine rings is 2. The molecule has 368 valence electrons. The summed E-state index contributed by atoms with van der Waals surface area (Å²) in [6.45, 7) is 8.33. The first kappa shape index (κ1) is 50.0. The van der Waals surface area contributed by atoms with Crippen LogP contribution in [0, 0.1) is 18.7 Å². The number of likely N-dealkylation sites (tertiary alicyclic amines) is 1. The van der Waals surface area contributed by atoms with Gasteiger partial charge in [0.05, 0.1) is 75.1 Å². The average Bonchev–Trinajstić information content (AvgIpc) is 3.94. The number of nitrogens with zero attached hydrogens (tertiary/aromatic N) is 3. The van der Waals surface area contributed by atoms with Gasteiger partial charge in [0, 0.05) is 48.1 Å². The number of fused-ring (bicyclic) bond motifs is 5. The zero-order valence-corrected chi connectivity index (χ0v) is 38.8. The lowest BCUT2D eigenvalue weighted by molar-refractivity contribution is -0.191. The molecular formula is C47H60FN7O13. The summed E-state index contributed by atoms with van der Waals surface area (Å²) in [6, 6.07) is -1.48. The molecule has 68 heavy (non-hydrogen) atoms. The second-order valence-electron chi connectivity index (χ2n) is 17.9. The van der Waals surface area contributed by atoms with Gasteiger partial charge in [0.25, 0.3) is 5.56 Å². The van der Waals surface area contributed by atoms with Gasteiger partial charge >= 0.3 is 17.9 Å². The maximum Gasteiger partial charge on any atom is 0.355 e. The Kier molecular flexibility index (Phi) is 15.6. The smallest absolute Gasteiger partial charge is 0.355 e. The van der Waals surface area contributed by atoms with Gasteiger partial charge in [-0.3, -0.25) is 24.0 Å². The van der Waals surface area contributed by atoms with Crippen molar-refractivity contribution in [1.82, 2.24) is 25.1 Å². The monoisotopic (exact) mass is 949 g/mol.